The van der Waals surface area contributed by atoms with E-state index in [1.807, 2.05) is 35.8 Å². The maximum Gasteiger partial charge on any atom is 1.00 e. The zero-order valence-electron chi connectivity index (χ0n) is 12.4. The van der Waals surface area contributed by atoms with Crippen LogP contribution in [0.15, 0.2) is 30.6 Å². The van der Waals surface area contributed by atoms with Crippen molar-refractivity contribution in [1.29, 1.82) is 0 Å². The van der Waals surface area contributed by atoms with Crippen molar-refractivity contribution in [3.8, 4) is 11.3 Å². The van der Waals surface area contributed by atoms with Gasteiger partial charge in [0.05, 0.1) is 18.0 Å². The summed E-state index contributed by atoms with van der Waals surface area (Å²) in [6, 6.07) is 7.70. The molecule has 2 rings (SSSR count). The van der Waals surface area contributed by atoms with Crippen LogP contribution in [0.3, 0.4) is 0 Å². The van der Waals surface area contributed by atoms with Crippen LogP contribution in [0.1, 0.15) is 29.9 Å². The minimum atomic E-state index is -1.24. The SMILES string of the molecule is Cc1ccccc1-c1c(C(=O)[O-])ncn1CC(C)C.[Rb+]. The van der Waals surface area contributed by atoms with Crippen LogP contribution >= 0.6 is 0 Å². The van der Waals surface area contributed by atoms with E-state index in [1.54, 1.807) is 6.33 Å². The molecule has 0 radical (unpaired) electrons. The Hall–Kier alpha value is -0.295. The molecular formula is C15H17N2O2Rb. The molecule has 0 amide bonds. The minimum Gasteiger partial charge on any atom is -0.543 e. The second-order valence-corrected chi connectivity index (χ2v) is 5.09. The fourth-order valence-corrected chi connectivity index (χ4v) is 2.18. The van der Waals surface area contributed by atoms with Crippen molar-refractivity contribution >= 4 is 5.97 Å². The summed E-state index contributed by atoms with van der Waals surface area (Å²) in [5.41, 5.74) is 2.55. The first-order valence-corrected chi connectivity index (χ1v) is 6.33. The molecule has 20 heavy (non-hydrogen) atoms. The summed E-state index contributed by atoms with van der Waals surface area (Å²) in [5.74, 6) is -0.827. The van der Waals surface area contributed by atoms with E-state index in [4.69, 9.17) is 0 Å². The van der Waals surface area contributed by atoms with E-state index in [0.717, 1.165) is 17.7 Å². The van der Waals surface area contributed by atoms with Gasteiger partial charge in [-0.2, -0.15) is 0 Å². The number of hydrogen-bond donors (Lipinski definition) is 0. The predicted octanol–water partition coefficient (Wildman–Crippen LogP) is -1.12. The van der Waals surface area contributed by atoms with E-state index in [-0.39, 0.29) is 63.9 Å². The van der Waals surface area contributed by atoms with Crippen molar-refractivity contribution < 1.29 is 68.1 Å². The van der Waals surface area contributed by atoms with Gasteiger partial charge in [-0.1, -0.05) is 38.1 Å². The number of nitrogens with zero attached hydrogens (tertiary/aromatic N) is 2. The third kappa shape index (κ3) is 3.88. The number of aromatic nitrogens is 2. The Bertz CT molecular complexity index is 606. The molecule has 100 valence electrons. The van der Waals surface area contributed by atoms with Gasteiger partial charge in [-0.25, -0.2) is 4.98 Å². The van der Waals surface area contributed by atoms with Crippen molar-refractivity contribution in [2.75, 3.05) is 0 Å². The van der Waals surface area contributed by atoms with Crippen LogP contribution in [0.25, 0.3) is 11.3 Å². The molecular weight excluding hydrogens is 326 g/mol. The summed E-state index contributed by atoms with van der Waals surface area (Å²) >= 11 is 0. The van der Waals surface area contributed by atoms with Crippen LogP contribution in [-0.4, -0.2) is 15.5 Å². The van der Waals surface area contributed by atoms with Crippen LogP contribution in [0.2, 0.25) is 0 Å². The van der Waals surface area contributed by atoms with Gasteiger partial charge in [0.25, 0.3) is 0 Å². The molecule has 1 heterocycles. The first-order chi connectivity index (χ1) is 9.00. The van der Waals surface area contributed by atoms with Gasteiger partial charge in [-0.05, 0) is 18.4 Å². The molecule has 5 heteroatoms. The number of carbonyl (C=O) groups is 1. The quantitative estimate of drug-likeness (QED) is 0.707. The number of aryl methyl sites for hydroxylation is 1. The van der Waals surface area contributed by atoms with Gasteiger partial charge in [-0.3, -0.25) is 0 Å². The second kappa shape index (κ2) is 7.64. The Morgan fingerprint density at radius 3 is 2.55 bits per heavy atom. The van der Waals surface area contributed by atoms with Gasteiger partial charge in [0.1, 0.15) is 5.69 Å². The third-order valence-electron chi connectivity index (χ3n) is 2.99. The van der Waals surface area contributed by atoms with Crippen LogP contribution in [0.4, 0.5) is 0 Å². The number of carboxylic acids is 1. The van der Waals surface area contributed by atoms with E-state index in [2.05, 4.69) is 18.8 Å². The van der Waals surface area contributed by atoms with Gasteiger partial charge in [0.15, 0.2) is 0 Å². The zero-order chi connectivity index (χ0) is 14.0. The fourth-order valence-electron chi connectivity index (χ4n) is 2.18. The molecule has 0 aliphatic rings. The summed E-state index contributed by atoms with van der Waals surface area (Å²) in [7, 11) is 0. The van der Waals surface area contributed by atoms with Gasteiger partial charge in [0.2, 0.25) is 0 Å². The summed E-state index contributed by atoms with van der Waals surface area (Å²) in [6.45, 7) is 6.85. The zero-order valence-corrected chi connectivity index (χ0v) is 17.3. The van der Waals surface area contributed by atoms with Gasteiger partial charge < -0.3 is 14.5 Å². The molecule has 0 aliphatic carbocycles. The Morgan fingerprint density at radius 2 is 2.00 bits per heavy atom. The monoisotopic (exact) mass is 342 g/mol. The molecule has 1 aromatic heterocycles. The normalized spacial score (nSPS) is 10.4. The maximum absolute atomic E-state index is 11.2. The topological polar surface area (TPSA) is 57.9 Å². The van der Waals surface area contributed by atoms with Gasteiger partial charge >= 0.3 is 58.2 Å². The van der Waals surface area contributed by atoms with E-state index >= 15 is 0 Å². The van der Waals surface area contributed by atoms with Crippen LogP contribution in [-0.2, 0) is 6.54 Å². The number of aromatic carboxylic acids is 1. The van der Waals surface area contributed by atoms with Crippen LogP contribution < -0.4 is 63.3 Å². The van der Waals surface area contributed by atoms with Crippen molar-refractivity contribution in [1.82, 2.24) is 9.55 Å². The predicted molar refractivity (Wildman–Crippen MR) is 71.6 cm³/mol. The summed E-state index contributed by atoms with van der Waals surface area (Å²) < 4.78 is 1.89. The molecule has 4 nitrogen and oxygen atoms in total. The van der Waals surface area contributed by atoms with Gasteiger partial charge in [-0.15, -0.1) is 0 Å². The Kier molecular flexibility index (Phi) is 6.78. The molecule has 0 fully saturated rings. The van der Waals surface area contributed by atoms with Crippen molar-refractivity contribution in [2.24, 2.45) is 5.92 Å². The second-order valence-electron chi connectivity index (χ2n) is 5.09. The molecule has 0 unspecified atom stereocenters. The first-order valence-electron chi connectivity index (χ1n) is 6.33. The largest absolute Gasteiger partial charge is 1.00 e. The summed E-state index contributed by atoms with van der Waals surface area (Å²) in [4.78, 5) is 15.2. The first kappa shape index (κ1) is 17.8. The van der Waals surface area contributed by atoms with E-state index in [9.17, 15) is 9.90 Å². The van der Waals surface area contributed by atoms with E-state index in [0.29, 0.717) is 11.6 Å². The average Bonchev–Trinajstić information content (AvgIpc) is 2.72. The number of carbonyl (C=O) groups excluding carboxylic acids is 1. The molecule has 0 saturated heterocycles. The number of imidazole rings is 1. The smallest absolute Gasteiger partial charge is 0.543 e. The number of benzene rings is 1. The van der Waals surface area contributed by atoms with Crippen molar-refractivity contribution in [3.05, 3.63) is 41.9 Å². The van der Waals surface area contributed by atoms with Crippen molar-refractivity contribution in [2.45, 2.75) is 27.3 Å². The molecule has 0 N–H and O–H groups in total. The Morgan fingerprint density at radius 1 is 1.35 bits per heavy atom. The minimum absolute atomic E-state index is 0. The molecule has 0 aliphatic heterocycles. The third-order valence-corrected chi connectivity index (χ3v) is 2.99. The molecule has 0 saturated carbocycles. The molecule has 1 aromatic carbocycles. The Balaban J connectivity index is 0.00000200. The number of rotatable bonds is 4. The molecule has 0 spiro atoms. The van der Waals surface area contributed by atoms with Crippen LogP contribution in [0, 0.1) is 12.8 Å². The van der Waals surface area contributed by atoms with Gasteiger partial charge in [0, 0.05) is 12.1 Å². The van der Waals surface area contributed by atoms with E-state index in [1.165, 1.54) is 0 Å². The van der Waals surface area contributed by atoms with E-state index < -0.39 is 5.97 Å². The summed E-state index contributed by atoms with van der Waals surface area (Å²) in [5, 5.41) is 11.2. The standard InChI is InChI=1S/C15H18N2O2.Rb/c1-10(2)8-17-9-16-13(15(18)19)14(17)12-7-5-4-6-11(12)3;/h4-7,9-10H,8H2,1-3H3,(H,18,19);/q;+1/p-1. The summed E-state index contributed by atoms with van der Waals surface area (Å²) in [6.07, 6.45) is 1.58. The average molecular weight is 343 g/mol. The molecule has 2 aromatic rings. The van der Waals surface area contributed by atoms with Crippen molar-refractivity contribution in [3.63, 3.8) is 0 Å². The fraction of sp³-hybridized carbons (Fsp3) is 0.333. The number of carboxylic acid groups (broad SMARTS) is 1. The van der Waals surface area contributed by atoms with Crippen LogP contribution in [0.5, 0.6) is 0 Å². The molecule has 0 atom stereocenters. The number of hydrogen-bond acceptors (Lipinski definition) is 3. The maximum atomic E-state index is 11.2. The molecule has 0 bridgehead atoms. The Labute approximate surface area is 168 Å².